The summed E-state index contributed by atoms with van der Waals surface area (Å²) in [7, 11) is 0. The van der Waals surface area contributed by atoms with E-state index < -0.39 is 0 Å². The summed E-state index contributed by atoms with van der Waals surface area (Å²) < 4.78 is 0.870. The molecule has 4 N–H and O–H groups in total. The molecule has 120 valence electrons. The first-order valence-electron chi connectivity index (χ1n) is 7.69. The molecular weight excluding hydrogens is 354 g/mol. The molecule has 1 aliphatic heterocycles. The maximum atomic E-state index is 12.8. The number of carbonyl (C=O) groups is 1. The molecule has 2 aromatic carbocycles. The number of amides is 1. The van der Waals surface area contributed by atoms with Crippen LogP contribution in [0.5, 0.6) is 0 Å². The third-order valence-electron chi connectivity index (χ3n) is 4.50. The molecule has 0 aromatic heterocycles. The standard InChI is InChI=1S/C18H20BrN3O/c19-14-6-7-15(17(21)8-14)18(23)22-10-13(9-20)16(11-22)12-4-2-1-3-5-12/h1-8,13,16H,9-11,20-21H2/t13-,16+/m1/s1. The van der Waals surface area contributed by atoms with E-state index in [9.17, 15) is 4.79 Å². The van der Waals surface area contributed by atoms with Crippen molar-refractivity contribution >= 4 is 27.5 Å². The van der Waals surface area contributed by atoms with Crippen molar-refractivity contribution < 1.29 is 4.79 Å². The molecule has 5 heteroatoms. The second kappa shape index (κ2) is 6.72. The number of benzene rings is 2. The third-order valence-corrected chi connectivity index (χ3v) is 5.00. The van der Waals surface area contributed by atoms with E-state index in [1.807, 2.05) is 29.2 Å². The van der Waals surface area contributed by atoms with Gasteiger partial charge in [-0.05, 0) is 36.2 Å². The number of hydrogen-bond donors (Lipinski definition) is 2. The Hall–Kier alpha value is -1.85. The topological polar surface area (TPSA) is 72.3 Å². The fourth-order valence-corrected chi connectivity index (χ4v) is 3.63. The van der Waals surface area contributed by atoms with Gasteiger partial charge in [-0.15, -0.1) is 0 Å². The number of anilines is 1. The lowest BCUT2D eigenvalue weighted by Gasteiger charge is -2.18. The second-order valence-electron chi connectivity index (χ2n) is 5.95. The molecule has 2 atom stereocenters. The first-order chi connectivity index (χ1) is 11.1. The predicted molar refractivity (Wildman–Crippen MR) is 96.2 cm³/mol. The van der Waals surface area contributed by atoms with Crippen LogP contribution in [0.25, 0.3) is 0 Å². The molecule has 1 saturated heterocycles. The highest BCUT2D eigenvalue weighted by molar-refractivity contribution is 9.10. The zero-order valence-corrected chi connectivity index (χ0v) is 14.4. The minimum absolute atomic E-state index is 0.0214. The van der Waals surface area contributed by atoms with E-state index in [-0.39, 0.29) is 17.7 Å². The van der Waals surface area contributed by atoms with Crippen molar-refractivity contribution in [3.05, 3.63) is 64.1 Å². The molecule has 4 nitrogen and oxygen atoms in total. The van der Waals surface area contributed by atoms with Crippen molar-refractivity contribution in [2.45, 2.75) is 5.92 Å². The highest BCUT2D eigenvalue weighted by Crippen LogP contribution is 2.33. The van der Waals surface area contributed by atoms with Crippen molar-refractivity contribution in [2.24, 2.45) is 11.7 Å². The summed E-state index contributed by atoms with van der Waals surface area (Å²) in [4.78, 5) is 14.7. The molecular formula is C18H20BrN3O. The largest absolute Gasteiger partial charge is 0.398 e. The van der Waals surface area contributed by atoms with Gasteiger partial charge >= 0.3 is 0 Å². The Bertz CT molecular complexity index is 705. The Balaban J connectivity index is 1.83. The van der Waals surface area contributed by atoms with E-state index in [1.165, 1.54) is 5.56 Å². The van der Waals surface area contributed by atoms with Gasteiger partial charge in [-0.25, -0.2) is 0 Å². The molecule has 1 heterocycles. The molecule has 0 saturated carbocycles. The molecule has 0 unspecified atom stereocenters. The molecule has 3 rings (SSSR count). The fraction of sp³-hybridized carbons (Fsp3) is 0.278. The average Bonchev–Trinajstić information content (AvgIpc) is 2.99. The Morgan fingerprint density at radius 3 is 2.57 bits per heavy atom. The van der Waals surface area contributed by atoms with Crippen molar-refractivity contribution in [3.63, 3.8) is 0 Å². The number of halogens is 1. The second-order valence-corrected chi connectivity index (χ2v) is 6.87. The van der Waals surface area contributed by atoms with E-state index in [4.69, 9.17) is 11.5 Å². The third kappa shape index (κ3) is 3.26. The minimum atomic E-state index is -0.0214. The average molecular weight is 374 g/mol. The molecule has 1 aliphatic rings. The van der Waals surface area contributed by atoms with Gasteiger partial charge in [-0.1, -0.05) is 46.3 Å². The van der Waals surface area contributed by atoms with Gasteiger partial charge in [-0.3, -0.25) is 4.79 Å². The Morgan fingerprint density at radius 2 is 1.91 bits per heavy atom. The number of nitrogen functional groups attached to an aromatic ring is 1. The van der Waals surface area contributed by atoms with Crippen molar-refractivity contribution in [1.29, 1.82) is 0 Å². The van der Waals surface area contributed by atoms with Gasteiger partial charge in [-0.2, -0.15) is 0 Å². The maximum absolute atomic E-state index is 12.8. The Morgan fingerprint density at radius 1 is 1.17 bits per heavy atom. The molecule has 0 spiro atoms. The first kappa shape index (κ1) is 16.0. The normalized spacial score (nSPS) is 20.7. The van der Waals surface area contributed by atoms with Crippen LogP contribution in [0.15, 0.2) is 53.0 Å². The summed E-state index contributed by atoms with van der Waals surface area (Å²) in [6.07, 6.45) is 0. The van der Waals surface area contributed by atoms with Gasteiger partial charge in [0.05, 0.1) is 5.56 Å². The quantitative estimate of drug-likeness (QED) is 0.812. The van der Waals surface area contributed by atoms with Crippen LogP contribution >= 0.6 is 15.9 Å². The number of nitrogens with zero attached hydrogens (tertiary/aromatic N) is 1. The van der Waals surface area contributed by atoms with Gasteiger partial charge in [0.2, 0.25) is 0 Å². The van der Waals surface area contributed by atoms with E-state index in [1.54, 1.807) is 12.1 Å². The lowest BCUT2D eigenvalue weighted by molar-refractivity contribution is 0.0787. The first-order valence-corrected chi connectivity index (χ1v) is 8.48. The minimum Gasteiger partial charge on any atom is -0.398 e. The predicted octanol–water partition coefficient (Wildman–Crippen LogP) is 2.85. The van der Waals surface area contributed by atoms with Crippen LogP contribution in [0.3, 0.4) is 0 Å². The molecule has 1 fully saturated rings. The summed E-state index contributed by atoms with van der Waals surface area (Å²) in [6, 6.07) is 15.6. The Kier molecular flexibility index (Phi) is 4.68. The molecule has 0 radical (unpaired) electrons. The Labute approximate surface area is 144 Å². The van der Waals surface area contributed by atoms with E-state index in [2.05, 4.69) is 28.1 Å². The molecule has 23 heavy (non-hydrogen) atoms. The molecule has 2 aromatic rings. The summed E-state index contributed by atoms with van der Waals surface area (Å²) in [5.41, 5.74) is 14.2. The number of carbonyl (C=O) groups excluding carboxylic acids is 1. The fourth-order valence-electron chi connectivity index (χ4n) is 3.25. The number of nitrogens with two attached hydrogens (primary N) is 2. The van der Waals surface area contributed by atoms with E-state index in [0.29, 0.717) is 30.9 Å². The zero-order chi connectivity index (χ0) is 16.4. The van der Waals surface area contributed by atoms with Crippen LogP contribution in [0.1, 0.15) is 21.8 Å². The number of likely N-dealkylation sites (tertiary alicyclic amines) is 1. The number of rotatable bonds is 3. The summed E-state index contributed by atoms with van der Waals surface area (Å²) in [5, 5.41) is 0. The SMILES string of the molecule is NC[C@@H]1CN(C(=O)c2ccc(Br)cc2N)C[C@H]1c1ccccc1. The van der Waals surface area contributed by atoms with Crippen LogP contribution in [-0.2, 0) is 0 Å². The zero-order valence-electron chi connectivity index (χ0n) is 12.8. The van der Waals surface area contributed by atoms with Crippen LogP contribution in [0, 0.1) is 5.92 Å². The van der Waals surface area contributed by atoms with Gasteiger partial charge in [0.15, 0.2) is 0 Å². The van der Waals surface area contributed by atoms with Crippen LogP contribution < -0.4 is 11.5 Å². The molecule has 0 bridgehead atoms. The van der Waals surface area contributed by atoms with Crippen LogP contribution in [-0.4, -0.2) is 30.4 Å². The number of hydrogen-bond acceptors (Lipinski definition) is 3. The lowest BCUT2D eigenvalue weighted by Crippen LogP contribution is -2.30. The van der Waals surface area contributed by atoms with E-state index in [0.717, 1.165) is 4.47 Å². The van der Waals surface area contributed by atoms with Crippen molar-refractivity contribution in [2.75, 3.05) is 25.4 Å². The van der Waals surface area contributed by atoms with Gasteiger partial charge in [0.1, 0.15) is 0 Å². The monoisotopic (exact) mass is 373 g/mol. The van der Waals surface area contributed by atoms with Gasteiger partial charge in [0, 0.05) is 29.2 Å². The highest BCUT2D eigenvalue weighted by Gasteiger charge is 2.35. The highest BCUT2D eigenvalue weighted by atomic mass is 79.9. The van der Waals surface area contributed by atoms with Gasteiger partial charge < -0.3 is 16.4 Å². The lowest BCUT2D eigenvalue weighted by atomic mass is 9.89. The summed E-state index contributed by atoms with van der Waals surface area (Å²) in [6.45, 7) is 1.92. The maximum Gasteiger partial charge on any atom is 0.255 e. The van der Waals surface area contributed by atoms with Crippen LogP contribution in [0.2, 0.25) is 0 Å². The van der Waals surface area contributed by atoms with Crippen molar-refractivity contribution in [1.82, 2.24) is 4.90 Å². The van der Waals surface area contributed by atoms with Crippen molar-refractivity contribution in [3.8, 4) is 0 Å². The van der Waals surface area contributed by atoms with E-state index >= 15 is 0 Å². The van der Waals surface area contributed by atoms with Crippen LogP contribution in [0.4, 0.5) is 5.69 Å². The molecule has 1 amide bonds. The molecule has 0 aliphatic carbocycles. The summed E-state index contributed by atoms with van der Waals surface area (Å²) >= 11 is 3.37. The summed E-state index contributed by atoms with van der Waals surface area (Å²) in [5.74, 6) is 0.534. The smallest absolute Gasteiger partial charge is 0.255 e. The van der Waals surface area contributed by atoms with Gasteiger partial charge in [0.25, 0.3) is 5.91 Å².